The van der Waals surface area contributed by atoms with E-state index in [1.54, 1.807) is 13.8 Å². The normalized spacial score (nSPS) is 17.2. The van der Waals surface area contributed by atoms with Crippen molar-refractivity contribution in [2.24, 2.45) is 11.8 Å². The summed E-state index contributed by atoms with van der Waals surface area (Å²) in [5, 5.41) is 0. The Morgan fingerprint density at radius 3 is 2.36 bits per heavy atom. The summed E-state index contributed by atoms with van der Waals surface area (Å²) in [4.78, 5) is 39.5. The van der Waals surface area contributed by atoms with E-state index in [0.717, 1.165) is 44.3 Å². The summed E-state index contributed by atoms with van der Waals surface area (Å²) in [6.07, 6.45) is 3.66. The number of esters is 1. The maximum absolute atomic E-state index is 15.5. The minimum absolute atomic E-state index is 0.0265. The van der Waals surface area contributed by atoms with E-state index in [1.165, 1.54) is 23.5 Å². The molecule has 2 heterocycles. The predicted molar refractivity (Wildman–Crippen MR) is 146 cm³/mol. The van der Waals surface area contributed by atoms with Crippen molar-refractivity contribution in [3.63, 3.8) is 0 Å². The van der Waals surface area contributed by atoms with Crippen LogP contribution in [0.1, 0.15) is 73.6 Å². The molecule has 1 aliphatic carbocycles. The van der Waals surface area contributed by atoms with E-state index in [4.69, 9.17) is 9.47 Å². The van der Waals surface area contributed by atoms with Crippen LogP contribution in [0.5, 0.6) is 11.6 Å². The van der Waals surface area contributed by atoms with Gasteiger partial charge in [0.25, 0.3) is 0 Å². The van der Waals surface area contributed by atoms with Crippen molar-refractivity contribution in [3.8, 4) is 11.6 Å². The second kappa shape index (κ2) is 12.8. The van der Waals surface area contributed by atoms with E-state index in [1.807, 2.05) is 0 Å². The first-order valence-electron chi connectivity index (χ1n) is 13.6. The van der Waals surface area contributed by atoms with Crippen LogP contribution in [0.15, 0.2) is 43.0 Å². The van der Waals surface area contributed by atoms with Crippen LogP contribution in [0.3, 0.4) is 0 Å². The lowest BCUT2D eigenvalue weighted by Gasteiger charge is -2.34. The first-order chi connectivity index (χ1) is 19.9. The number of hydrogen-bond acceptors (Lipinski definition) is 7. The maximum atomic E-state index is 15.5. The summed E-state index contributed by atoms with van der Waals surface area (Å²) in [7, 11) is 1.11. The van der Waals surface area contributed by atoms with Gasteiger partial charge in [0.1, 0.15) is 5.56 Å². The third-order valence-electron chi connectivity index (χ3n) is 7.26. The molecule has 4 rings (SSSR count). The lowest BCUT2D eigenvalue weighted by Crippen LogP contribution is -2.43. The summed E-state index contributed by atoms with van der Waals surface area (Å²) in [6.45, 7) is 5.58. The van der Waals surface area contributed by atoms with Crippen molar-refractivity contribution in [2.45, 2.75) is 65.1 Å². The smallest absolute Gasteiger partial charge is 0.421 e. The molecule has 1 amide bonds. The number of rotatable bonds is 8. The van der Waals surface area contributed by atoms with Crippen molar-refractivity contribution in [3.05, 3.63) is 71.2 Å². The van der Waals surface area contributed by atoms with Gasteiger partial charge in [0.2, 0.25) is 11.8 Å². The first-order valence-corrected chi connectivity index (χ1v) is 13.6. The number of ether oxygens (including phenoxy) is 2. The molecule has 12 heteroatoms. The molecule has 0 aliphatic heterocycles. The Kier molecular flexibility index (Phi) is 9.43. The molecule has 0 saturated heterocycles. The van der Waals surface area contributed by atoms with E-state index in [-0.39, 0.29) is 35.1 Å². The average Bonchev–Trinajstić information content (AvgIpc) is 2.95. The highest BCUT2D eigenvalue weighted by molar-refractivity contribution is 6.04. The molecule has 1 aromatic carbocycles. The summed E-state index contributed by atoms with van der Waals surface area (Å²) < 4.78 is 67.8. The fourth-order valence-electron chi connectivity index (χ4n) is 5.06. The minimum atomic E-state index is -4.89. The van der Waals surface area contributed by atoms with Crippen LogP contribution in [-0.2, 0) is 22.1 Å². The molecular weight excluding hydrogens is 556 g/mol. The highest BCUT2D eigenvalue weighted by atomic mass is 19.4. The number of alkyl halides is 3. The largest absolute Gasteiger partial charge is 0.465 e. The van der Waals surface area contributed by atoms with Crippen molar-refractivity contribution in [1.82, 2.24) is 15.0 Å². The van der Waals surface area contributed by atoms with Gasteiger partial charge in [-0.3, -0.25) is 14.8 Å². The van der Waals surface area contributed by atoms with Crippen molar-refractivity contribution >= 4 is 17.6 Å². The number of pyridine rings is 1. The van der Waals surface area contributed by atoms with E-state index in [9.17, 15) is 22.8 Å². The van der Waals surface area contributed by atoms with Crippen molar-refractivity contribution in [1.29, 1.82) is 0 Å². The molecule has 2 aromatic heterocycles. The molecule has 0 radical (unpaired) electrons. The second-order valence-corrected chi connectivity index (χ2v) is 10.7. The monoisotopic (exact) mass is 588 g/mol. The van der Waals surface area contributed by atoms with E-state index in [2.05, 4.69) is 21.9 Å². The van der Waals surface area contributed by atoms with Crippen LogP contribution in [0.2, 0.25) is 0 Å². The van der Waals surface area contributed by atoms with Gasteiger partial charge < -0.3 is 14.4 Å². The van der Waals surface area contributed by atoms with Gasteiger partial charge in [0, 0.05) is 55.3 Å². The number of methoxy groups -OCH3 is 1. The molecule has 0 atom stereocenters. The fraction of sp³-hybridized carbons (Fsp3) is 0.433. The third-order valence-corrected chi connectivity index (χ3v) is 7.26. The Balaban J connectivity index is 1.72. The van der Waals surface area contributed by atoms with Gasteiger partial charge in [-0.2, -0.15) is 13.2 Å². The number of amides is 1. The zero-order chi connectivity index (χ0) is 30.6. The SMILES string of the molecule is COC(=O)c1cc(Oc2ncc(Cc3cnccn3)cc2C(F)(F)F)c(F)cc1N(C(=O)[C@H]1CC[C@H](C)CC1)C(C)C. The number of hydrogen-bond donors (Lipinski definition) is 0. The molecule has 0 bridgehead atoms. The van der Waals surface area contributed by atoms with Gasteiger partial charge in [0.05, 0.1) is 24.1 Å². The van der Waals surface area contributed by atoms with E-state index >= 15 is 4.39 Å². The Morgan fingerprint density at radius 1 is 1.05 bits per heavy atom. The highest BCUT2D eigenvalue weighted by Crippen LogP contribution is 2.40. The zero-order valence-corrected chi connectivity index (χ0v) is 23.7. The number of carbonyl (C=O) groups is 2. The van der Waals surface area contributed by atoms with Crippen molar-refractivity contribution in [2.75, 3.05) is 12.0 Å². The van der Waals surface area contributed by atoms with Gasteiger partial charge >= 0.3 is 12.1 Å². The predicted octanol–water partition coefficient (Wildman–Crippen LogP) is 6.77. The van der Waals surface area contributed by atoms with Gasteiger partial charge in [-0.25, -0.2) is 14.2 Å². The summed E-state index contributed by atoms with van der Waals surface area (Å²) in [6, 6.07) is 2.25. The number of anilines is 1. The van der Waals surface area contributed by atoms with Crippen molar-refractivity contribution < 1.29 is 36.6 Å². The standard InChI is InChI=1S/C30H32F4N4O4/c1-17(2)38(28(39)20-7-5-18(3)6-8-20)25-14-24(31)26(13-22(25)29(40)41-4)42-27-23(30(32,33)34)12-19(15-37-27)11-21-16-35-9-10-36-21/h9-10,12-18,20H,5-8,11H2,1-4H3/t18-,20-. The molecule has 0 spiro atoms. The highest BCUT2D eigenvalue weighted by Gasteiger charge is 2.37. The number of halogens is 4. The molecule has 42 heavy (non-hydrogen) atoms. The van der Waals surface area contributed by atoms with Crippen LogP contribution in [0.4, 0.5) is 23.2 Å². The summed E-state index contributed by atoms with van der Waals surface area (Å²) >= 11 is 0. The Hall–Kier alpha value is -4.09. The van der Waals surface area contributed by atoms with Crippen LogP contribution < -0.4 is 9.64 Å². The zero-order valence-electron chi connectivity index (χ0n) is 23.7. The Labute approximate surface area is 241 Å². The Bertz CT molecular complexity index is 1420. The van der Waals surface area contributed by atoms with Crippen LogP contribution >= 0.6 is 0 Å². The topological polar surface area (TPSA) is 94.5 Å². The third kappa shape index (κ3) is 7.03. The molecule has 1 aliphatic rings. The quantitative estimate of drug-likeness (QED) is 0.212. The van der Waals surface area contributed by atoms with Crippen LogP contribution in [-0.4, -0.2) is 40.0 Å². The molecule has 0 N–H and O–H groups in total. The lowest BCUT2D eigenvalue weighted by atomic mass is 9.82. The van der Waals surface area contributed by atoms with Gasteiger partial charge in [0.15, 0.2) is 11.6 Å². The van der Waals surface area contributed by atoms with Crippen LogP contribution in [0, 0.1) is 17.7 Å². The first kappa shape index (κ1) is 30.9. The summed E-state index contributed by atoms with van der Waals surface area (Å²) in [5.74, 6) is -3.62. The number of benzene rings is 1. The molecule has 224 valence electrons. The molecule has 1 saturated carbocycles. The van der Waals surface area contributed by atoms with Crippen LogP contribution in [0.25, 0.3) is 0 Å². The summed E-state index contributed by atoms with van der Waals surface area (Å²) in [5.41, 5.74) is -0.902. The number of carbonyl (C=O) groups excluding carboxylic acids is 2. The molecule has 0 unspecified atom stereocenters. The van der Waals surface area contributed by atoms with E-state index in [0.29, 0.717) is 24.5 Å². The van der Waals surface area contributed by atoms with E-state index < -0.39 is 41.2 Å². The maximum Gasteiger partial charge on any atom is 0.421 e. The molecule has 3 aromatic rings. The fourth-order valence-corrected chi connectivity index (χ4v) is 5.06. The molecular formula is C30H32F4N4O4. The van der Waals surface area contributed by atoms with Gasteiger partial charge in [-0.1, -0.05) is 6.92 Å². The average molecular weight is 589 g/mol. The number of nitrogens with zero attached hydrogens (tertiary/aromatic N) is 4. The second-order valence-electron chi connectivity index (χ2n) is 10.7. The Morgan fingerprint density at radius 2 is 1.76 bits per heavy atom. The minimum Gasteiger partial charge on any atom is -0.465 e. The molecule has 1 fully saturated rings. The molecule has 8 nitrogen and oxygen atoms in total. The van der Waals surface area contributed by atoms with Gasteiger partial charge in [-0.15, -0.1) is 0 Å². The lowest BCUT2D eigenvalue weighted by molar-refractivity contribution is -0.139. The van der Waals surface area contributed by atoms with Gasteiger partial charge in [-0.05, 0) is 57.1 Å². The number of aromatic nitrogens is 3.